The second kappa shape index (κ2) is 42.6. The Morgan fingerprint density at radius 2 is 0.815 bits per heavy atom. The number of esters is 3. The molecule has 0 aromatic carbocycles. The first kappa shape index (κ1) is 50.9. The third-order valence-electron chi connectivity index (χ3n) is 8.98. The van der Waals surface area contributed by atoms with Gasteiger partial charge in [-0.1, -0.05) is 158 Å². The van der Waals surface area contributed by atoms with Crippen LogP contribution in [0, 0.1) is 0 Å². The van der Waals surface area contributed by atoms with Gasteiger partial charge in [-0.15, -0.1) is 0 Å². The van der Waals surface area contributed by atoms with Crippen molar-refractivity contribution in [2.24, 2.45) is 0 Å². The summed E-state index contributed by atoms with van der Waals surface area (Å²) in [4.78, 5) is 37.5. The van der Waals surface area contributed by atoms with Gasteiger partial charge in [0.2, 0.25) is 0 Å². The first-order valence-electron chi connectivity index (χ1n) is 22.0. The van der Waals surface area contributed by atoms with Crippen LogP contribution in [-0.4, -0.2) is 37.2 Å². The average molecular weight is 753 g/mol. The van der Waals surface area contributed by atoms with Gasteiger partial charge < -0.3 is 14.2 Å². The van der Waals surface area contributed by atoms with Crippen molar-refractivity contribution >= 4 is 17.9 Å². The molecule has 0 bridgehead atoms. The predicted molar refractivity (Wildman–Crippen MR) is 228 cm³/mol. The van der Waals surface area contributed by atoms with E-state index in [1.54, 1.807) is 0 Å². The fourth-order valence-electron chi connectivity index (χ4n) is 5.66. The smallest absolute Gasteiger partial charge is 0.306 e. The fraction of sp³-hybridized carbons (Fsp3) is 0.688. The molecule has 0 rings (SSSR count). The third-order valence-corrected chi connectivity index (χ3v) is 8.98. The largest absolute Gasteiger partial charge is 0.462 e. The zero-order valence-electron chi connectivity index (χ0n) is 35.0. The minimum atomic E-state index is -0.807. The van der Waals surface area contributed by atoms with Crippen LogP contribution in [0.25, 0.3) is 0 Å². The van der Waals surface area contributed by atoms with Gasteiger partial charge in [0.25, 0.3) is 0 Å². The van der Waals surface area contributed by atoms with Crippen LogP contribution in [0.3, 0.4) is 0 Å². The van der Waals surface area contributed by atoms with Crippen molar-refractivity contribution in [2.75, 3.05) is 13.2 Å². The molecule has 54 heavy (non-hydrogen) atoms. The molecule has 0 amide bonds. The summed E-state index contributed by atoms with van der Waals surface area (Å²) in [5.74, 6) is -1.01. The molecule has 0 aliphatic heterocycles. The fourth-order valence-corrected chi connectivity index (χ4v) is 5.66. The maximum Gasteiger partial charge on any atom is 0.306 e. The summed E-state index contributed by atoms with van der Waals surface area (Å²) in [6.07, 6.45) is 51.9. The summed E-state index contributed by atoms with van der Waals surface area (Å²) >= 11 is 0. The lowest BCUT2D eigenvalue weighted by Gasteiger charge is -2.18. The molecule has 0 heterocycles. The van der Waals surface area contributed by atoms with E-state index in [9.17, 15) is 14.4 Å². The van der Waals surface area contributed by atoms with Crippen molar-refractivity contribution in [1.29, 1.82) is 0 Å². The Balaban J connectivity index is 4.40. The Bertz CT molecular complexity index is 1050. The van der Waals surface area contributed by atoms with Gasteiger partial charge in [0.15, 0.2) is 6.10 Å². The molecule has 0 aliphatic rings. The van der Waals surface area contributed by atoms with E-state index < -0.39 is 6.10 Å². The lowest BCUT2D eigenvalue weighted by atomic mass is 10.1. The van der Waals surface area contributed by atoms with Gasteiger partial charge in [-0.05, 0) is 89.9 Å². The Morgan fingerprint density at radius 1 is 0.407 bits per heavy atom. The van der Waals surface area contributed by atoms with E-state index in [2.05, 4.69) is 93.7 Å². The topological polar surface area (TPSA) is 78.9 Å². The lowest BCUT2D eigenvalue weighted by Crippen LogP contribution is -2.30. The van der Waals surface area contributed by atoms with Crippen LogP contribution in [0.4, 0.5) is 0 Å². The SMILES string of the molecule is CC/C=C\C/C=C\CCCCC(=O)OC(COC(=O)CCC/C=C\CCCCCC)COC(=O)CCCCCCC\C=C/C=C\C=C/CCCCCCC. The van der Waals surface area contributed by atoms with E-state index in [-0.39, 0.29) is 37.5 Å². The standard InChI is InChI=1S/C48H80O6/c1-4-7-10-13-16-19-20-21-22-23-24-25-26-27-30-32-35-38-41-47(50)53-44-45(54-48(51)42-39-36-33-29-18-15-12-9-6-3)43-52-46(49)40-37-34-31-28-17-14-11-8-5-2/h9,12,18,20-25,28-29,31,45H,4-8,10-11,13-17,19,26-27,30,32-44H2,1-3H3/b12-9-,21-20-,23-22-,25-24-,29-18-,31-28-. The first-order chi connectivity index (χ1) is 26.5. The van der Waals surface area contributed by atoms with Crippen LogP contribution in [0.2, 0.25) is 0 Å². The Labute approximate surface area is 332 Å². The van der Waals surface area contributed by atoms with E-state index in [0.29, 0.717) is 25.7 Å². The molecule has 0 aromatic rings. The number of hydrogen-bond donors (Lipinski definition) is 0. The molecule has 1 unspecified atom stereocenters. The van der Waals surface area contributed by atoms with Crippen LogP contribution >= 0.6 is 0 Å². The highest BCUT2D eigenvalue weighted by atomic mass is 16.6. The Morgan fingerprint density at radius 3 is 1.41 bits per heavy atom. The molecule has 0 N–H and O–H groups in total. The number of allylic oxidation sites excluding steroid dienone is 12. The number of ether oxygens (including phenoxy) is 3. The number of carbonyl (C=O) groups is 3. The second-order valence-electron chi connectivity index (χ2n) is 14.3. The van der Waals surface area contributed by atoms with Crippen LogP contribution in [0.15, 0.2) is 72.9 Å². The maximum absolute atomic E-state index is 12.6. The number of hydrogen-bond acceptors (Lipinski definition) is 6. The van der Waals surface area contributed by atoms with Crippen LogP contribution in [-0.2, 0) is 28.6 Å². The molecule has 0 aliphatic carbocycles. The molecule has 1 atom stereocenters. The number of carbonyl (C=O) groups excluding carboxylic acids is 3. The van der Waals surface area contributed by atoms with E-state index in [1.807, 2.05) is 0 Å². The maximum atomic E-state index is 12.6. The van der Waals surface area contributed by atoms with Gasteiger partial charge in [-0.2, -0.15) is 0 Å². The number of unbranched alkanes of at least 4 members (excludes halogenated alkanes) is 17. The van der Waals surface area contributed by atoms with E-state index >= 15 is 0 Å². The van der Waals surface area contributed by atoms with E-state index in [1.165, 1.54) is 57.8 Å². The van der Waals surface area contributed by atoms with Gasteiger partial charge in [-0.3, -0.25) is 14.4 Å². The molecule has 6 heteroatoms. The van der Waals surface area contributed by atoms with Crippen molar-refractivity contribution < 1.29 is 28.6 Å². The molecule has 0 aromatic heterocycles. The van der Waals surface area contributed by atoms with Crippen molar-refractivity contribution in [1.82, 2.24) is 0 Å². The summed E-state index contributed by atoms with van der Waals surface area (Å²) in [5, 5.41) is 0. The van der Waals surface area contributed by atoms with Crippen molar-refractivity contribution in [3.8, 4) is 0 Å². The summed E-state index contributed by atoms with van der Waals surface area (Å²) < 4.78 is 16.5. The number of rotatable bonds is 38. The monoisotopic (exact) mass is 753 g/mol. The molecule has 0 fully saturated rings. The highest BCUT2D eigenvalue weighted by Crippen LogP contribution is 2.11. The van der Waals surface area contributed by atoms with Gasteiger partial charge in [0, 0.05) is 19.3 Å². The first-order valence-corrected chi connectivity index (χ1v) is 22.0. The minimum absolute atomic E-state index is 0.109. The van der Waals surface area contributed by atoms with Gasteiger partial charge in [-0.25, -0.2) is 0 Å². The summed E-state index contributed by atoms with van der Waals surface area (Å²) in [6.45, 7) is 6.36. The zero-order valence-corrected chi connectivity index (χ0v) is 35.0. The lowest BCUT2D eigenvalue weighted by molar-refractivity contribution is -0.167. The summed E-state index contributed by atoms with van der Waals surface area (Å²) in [7, 11) is 0. The van der Waals surface area contributed by atoms with Gasteiger partial charge >= 0.3 is 17.9 Å². The zero-order chi connectivity index (χ0) is 39.4. The molecule has 0 spiro atoms. The summed E-state index contributed by atoms with van der Waals surface area (Å²) in [6, 6.07) is 0. The molecule has 0 saturated carbocycles. The van der Waals surface area contributed by atoms with Crippen LogP contribution in [0.5, 0.6) is 0 Å². The molecule has 0 saturated heterocycles. The van der Waals surface area contributed by atoms with Crippen molar-refractivity contribution in [2.45, 2.75) is 200 Å². The molecular weight excluding hydrogens is 673 g/mol. The second-order valence-corrected chi connectivity index (χ2v) is 14.3. The predicted octanol–water partition coefficient (Wildman–Crippen LogP) is 13.9. The highest BCUT2D eigenvalue weighted by Gasteiger charge is 2.19. The van der Waals surface area contributed by atoms with Crippen molar-refractivity contribution in [3.63, 3.8) is 0 Å². The van der Waals surface area contributed by atoms with Gasteiger partial charge in [0.05, 0.1) is 0 Å². The normalized spacial score (nSPS) is 12.7. The molecular formula is C48H80O6. The third kappa shape index (κ3) is 40.0. The molecule has 308 valence electrons. The van der Waals surface area contributed by atoms with Crippen LogP contribution < -0.4 is 0 Å². The summed E-state index contributed by atoms with van der Waals surface area (Å²) in [5.41, 5.74) is 0. The van der Waals surface area contributed by atoms with Crippen molar-refractivity contribution in [3.05, 3.63) is 72.9 Å². The Hall–Kier alpha value is -3.15. The molecule has 0 radical (unpaired) electrons. The van der Waals surface area contributed by atoms with E-state index in [0.717, 1.165) is 83.5 Å². The average Bonchev–Trinajstić information content (AvgIpc) is 3.17. The molecule has 6 nitrogen and oxygen atoms in total. The quantitative estimate of drug-likeness (QED) is 0.0205. The minimum Gasteiger partial charge on any atom is -0.462 e. The van der Waals surface area contributed by atoms with E-state index in [4.69, 9.17) is 14.2 Å². The Kier molecular flexibility index (Phi) is 40.1. The highest BCUT2D eigenvalue weighted by molar-refractivity contribution is 5.71. The van der Waals surface area contributed by atoms with Gasteiger partial charge in [0.1, 0.15) is 13.2 Å². The van der Waals surface area contributed by atoms with Crippen LogP contribution in [0.1, 0.15) is 194 Å².